The highest BCUT2D eigenvalue weighted by Crippen LogP contribution is 2.18. The van der Waals surface area contributed by atoms with Crippen molar-refractivity contribution < 1.29 is 9.53 Å². The number of piperidine rings is 1. The van der Waals surface area contributed by atoms with Gasteiger partial charge in [0.25, 0.3) is 0 Å². The number of esters is 1. The van der Waals surface area contributed by atoms with Crippen LogP contribution in [0.5, 0.6) is 0 Å². The molecule has 2 N–H and O–H groups in total. The summed E-state index contributed by atoms with van der Waals surface area (Å²) in [5, 5.41) is 0. The molecule has 1 aliphatic heterocycles. The van der Waals surface area contributed by atoms with Crippen LogP contribution in [0.1, 0.15) is 28.8 Å². The maximum Gasteiger partial charge on any atom is 0.338 e. The quantitative estimate of drug-likeness (QED) is 0.680. The smallest absolute Gasteiger partial charge is 0.338 e. The molecule has 0 atom stereocenters. The number of halogens is 1. The first-order valence-corrected chi connectivity index (χ1v) is 8.03. The minimum Gasteiger partial charge on any atom is -0.459 e. The summed E-state index contributed by atoms with van der Waals surface area (Å²) in [5.41, 5.74) is 8.13. The molecular formula is C19H23ClN2O2. The Kier molecular flexibility index (Phi) is 6.64. The van der Waals surface area contributed by atoms with E-state index < -0.39 is 0 Å². The fourth-order valence-corrected chi connectivity index (χ4v) is 2.91. The normalized spacial score (nSPS) is 15.5. The van der Waals surface area contributed by atoms with E-state index in [0.717, 1.165) is 32.5 Å². The summed E-state index contributed by atoms with van der Waals surface area (Å²) < 4.78 is 5.61. The SMILES string of the molecule is Cl.Nc1cccc(C(=O)OC2CCN(Cc3ccccc3)CC2)c1. The Morgan fingerprint density at radius 3 is 2.46 bits per heavy atom. The lowest BCUT2D eigenvalue weighted by Crippen LogP contribution is -2.37. The number of benzene rings is 2. The Balaban J connectivity index is 0.00000208. The molecule has 0 bridgehead atoms. The van der Waals surface area contributed by atoms with Crippen molar-refractivity contribution in [3.05, 3.63) is 65.7 Å². The Morgan fingerprint density at radius 1 is 1.08 bits per heavy atom. The van der Waals surface area contributed by atoms with Gasteiger partial charge in [-0.2, -0.15) is 0 Å². The van der Waals surface area contributed by atoms with E-state index >= 15 is 0 Å². The molecule has 128 valence electrons. The average molecular weight is 347 g/mol. The monoisotopic (exact) mass is 346 g/mol. The molecule has 5 heteroatoms. The van der Waals surface area contributed by atoms with Crippen molar-refractivity contribution >= 4 is 24.1 Å². The highest BCUT2D eigenvalue weighted by Gasteiger charge is 2.22. The molecule has 2 aromatic rings. The van der Waals surface area contributed by atoms with Crippen molar-refractivity contribution in [3.8, 4) is 0 Å². The van der Waals surface area contributed by atoms with Crippen LogP contribution in [-0.2, 0) is 11.3 Å². The predicted molar refractivity (Wildman–Crippen MR) is 98.3 cm³/mol. The van der Waals surface area contributed by atoms with E-state index in [1.54, 1.807) is 24.3 Å². The Labute approximate surface area is 149 Å². The lowest BCUT2D eigenvalue weighted by atomic mass is 10.1. The van der Waals surface area contributed by atoms with Crippen molar-refractivity contribution in [1.82, 2.24) is 4.90 Å². The second-order valence-electron chi connectivity index (χ2n) is 5.99. The van der Waals surface area contributed by atoms with Crippen LogP contribution in [-0.4, -0.2) is 30.1 Å². The second kappa shape index (κ2) is 8.71. The molecule has 0 unspecified atom stereocenters. The van der Waals surface area contributed by atoms with Crippen LogP contribution >= 0.6 is 12.4 Å². The Hall–Kier alpha value is -2.04. The van der Waals surface area contributed by atoms with Gasteiger partial charge in [0.05, 0.1) is 5.56 Å². The molecule has 1 saturated heterocycles. The second-order valence-corrected chi connectivity index (χ2v) is 5.99. The summed E-state index contributed by atoms with van der Waals surface area (Å²) in [7, 11) is 0. The number of hydrogen-bond donors (Lipinski definition) is 1. The number of nitrogen functional groups attached to an aromatic ring is 1. The van der Waals surface area contributed by atoms with Gasteiger partial charge in [0, 0.05) is 25.3 Å². The van der Waals surface area contributed by atoms with E-state index in [2.05, 4.69) is 29.2 Å². The van der Waals surface area contributed by atoms with Crippen molar-refractivity contribution in [2.75, 3.05) is 18.8 Å². The van der Waals surface area contributed by atoms with E-state index in [-0.39, 0.29) is 24.5 Å². The fourth-order valence-electron chi connectivity index (χ4n) is 2.91. The summed E-state index contributed by atoms with van der Waals surface area (Å²) in [6.45, 7) is 2.85. The molecule has 24 heavy (non-hydrogen) atoms. The predicted octanol–water partition coefficient (Wildman–Crippen LogP) is 3.51. The summed E-state index contributed by atoms with van der Waals surface area (Å²) in [6, 6.07) is 17.4. The number of anilines is 1. The minimum atomic E-state index is -0.279. The largest absolute Gasteiger partial charge is 0.459 e. The van der Waals surface area contributed by atoms with Gasteiger partial charge in [0.1, 0.15) is 6.10 Å². The van der Waals surface area contributed by atoms with Crippen LogP contribution < -0.4 is 5.73 Å². The van der Waals surface area contributed by atoms with E-state index in [1.165, 1.54) is 5.56 Å². The van der Waals surface area contributed by atoms with E-state index in [9.17, 15) is 4.79 Å². The van der Waals surface area contributed by atoms with Crippen molar-refractivity contribution in [1.29, 1.82) is 0 Å². The highest BCUT2D eigenvalue weighted by molar-refractivity contribution is 5.90. The molecule has 2 aromatic carbocycles. The van der Waals surface area contributed by atoms with Gasteiger partial charge >= 0.3 is 5.97 Å². The number of nitrogens with zero attached hydrogens (tertiary/aromatic N) is 1. The van der Waals surface area contributed by atoms with Gasteiger partial charge in [-0.25, -0.2) is 4.79 Å². The fraction of sp³-hybridized carbons (Fsp3) is 0.316. The van der Waals surface area contributed by atoms with Gasteiger partial charge in [-0.15, -0.1) is 12.4 Å². The van der Waals surface area contributed by atoms with E-state index in [1.807, 2.05) is 6.07 Å². The zero-order chi connectivity index (χ0) is 16.1. The van der Waals surface area contributed by atoms with Crippen molar-refractivity contribution in [2.24, 2.45) is 0 Å². The molecule has 1 fully saturated rings. The third-order valence-electron chi connectivity index (χ3n) is 4.18. The molecule has 4 nitrogen and oxygen atoms in total. The lowest BCUT2D eigenvalue weighted by Gasteiger charge is -2.31. The van der Waals surface area contributed by atoms with E-state index in [0.29, 0.717) is 11.3 Å². The number of hydrogen-bond acceptors (Lipinski definition) is 4. The van der Waals surface area contributed by atoms with Gasteiger partial charge in [-0.3, -0.25) is 4.90 Å². The first kappa shape index (κ1) is 18.3. The molecule has 0 aromatic heterocycles. The standard InChI is InChI=1S/C19H22N2O2.ClH/c20-17-8-4-7-16(13-17)19(22)23-18-9-11-21(12-10-18)14-15-5-2-1-3-6-15;/h1-8,13,18H,9-12,14,20H2;1H. The van der Waals surface area contributed by atoms with Gasteiger partial charge in [0.15, 0.2) is 0 Å². The van der Waals surface area contributed by atoms with E-state index in [4.69, 9.17) is 10.5 Å². The third kappa shape index (κ3) is 4.98. The molecule has 3 rings (SSSR count). The summed E-state index contributed by atoms with van der Waals surface area (Å²) in [4.78, 5) is 14.5. The van der Waals surface area contributed by atoms with Crippen LogP contribution in [0.25, 0.3) is 0 Å². The zero-order valence-electron chi connectivity index (χ0n) is 13.6. The molecule has 0 aliphatic carbocycles. The molecule has 0 saturated carbocycles. The van der Waals surface area contributed by atoms with Crippen LogP contribution in [0.2, 0.25) is 0 Å². The maximum absolute atomic E-state index is 12.1. The molecule has 1 heterocycles. The van der Waals surface area contributed by atoms with Crippen molar-refractivity contribution in [2.45, 2.75) is 25.5 Å². The molecular weight excluding hydrogens is 324 g/mol. The van der Waals surface area contributed by atoms with Crippen molar-refractivity contribution in [3.63, 3.8) is 0 Å². The summed E-state index contributed by atoms with van der Waals surface area (Å²) in [6.07, 6.45) is 1.75. The van der Waals surface area contributed by atoms with Crippen LogP contribution in [0, 0.1) is 0 Å². The Morgan fingerprint density at radius 2 is 1.79 bits per heavy atom. The average Bonchev–Trinajstić information content (AvgIpc) is 2.57. The summed E-state index contributed by atoms with van der Waals surface area (Å²) in [5.74, 6) is -0.279. The van der Waals surface area contributed by atoms with Crippen LogP contribution in [0.15, 0.2) is 54.6 Å². The topological polar surface area (TPSA) is 55.6 Å². The molecule has 0 spiro atoms. The van der Waals surface area contributed by atoms with Gasteiger partial charge in [-0.05, 0) is 36.6 Å². The lowest BCUT2D eigenvalue weighted by molar-refractivity contribution is 0.0104. The first-order chi connectivity index (χ1) is 11.2. The zero-order valence-corrected chi connectivity index (χ0v) is 14.4. The minimum absolute atomic E-state index is 0. The number of carbonyl (C=O) groups is 1. The Bertz CT molecular complexity index is 655. The van der Waals surface area contributed by atoms with Gasteiger partial charge < -0.3 is 10.5 Å². The van der Waals surface area contributed by atoms with Gasteiger partial charge in [0.2, 0.25) is 0 Å². The number of carbonyl (C=O) groups excluding carboxylic acids is 1. The highest BCUT2D eigenvalue weighted by atomic mass is 35.5. The molecule has 1 aliphatic rings. The molecule has 0 radical (unpaired) electrons. The maximum atomic E-state index is 12.1. The van der Waals surface area contributed by atoms with Gasteiger partial charge in [-0.1, -0.05) is 36.4 Å². The van der Waals surface area contributed by atoms with Crippen LogP contribution in [0.3, 0.4) is 0 Å². The summed E-state index contributed by atoms with van der Waals surface area (Å²) >= 11 is 0. The third-order valence-corrected chi connectivity index (χ3v) is 4.18. The van der Waals surface area contributed by atoms with Crippen LogP contribution in [0.4, 0.5) is 5.69 Å². The molecule has 0 amide bonds. The number of likely N-dealkylation sites (tertiary alicyclic amines) is 1. The first-order valence-electron chi connectivity index (χ1n) is 8.03. The number of nitrogens with two attached hydrogens (primary N) is 1. The number of rotatable bonds is 4. The number of ether oxygens (including phenoxy) is 1.